The molecular formula is C19H18N4O2S2. The molecule has 6 nitrogen and oxygen atoms in total. The molecule has 1 aromatic carbocycles. The number of hydrogen-bond donors (Lipinski definition) is 1. The molecule has 0 amide bonds. The Labute approximate surface area is 162 Å². The van der Waals surface area contributed by atoms with Crippen molar-refractivity contribution in [1.29, 1.82) is 5.26 Å². The molecule has 8 heteroatoms. The topological polar surface area (TPSA) is 86.1 Å². The second-order valence-electron chi connectivity index (χ2n) is 6.47. The number of hydrogen-bond acceptors (Lipinski definition) is 6. The van der Waals surface area contributed by atoms with Crippen LogP contribution in [0.1, 0.15) is 18.5 Å². The molecule has 1 N–H and O–H groups in total. The standard InChI is InChI=1S/C19H18N4O2S2/c20-13-15-12-18(16-4-1-2-5-17(16)21-15)23-9-7-14(8-10-23)22-27(24,25)19-6-3-11-26-19/h1-6,11-12,14,22H,7-10H2. The van der Waals surface area contributed by atoms with E-state index in [2.05, 4.69) is 20.7 Å². The molecule has 27 heavy (non-hydrogen) atoms. The molecule has 1 fully saturated rings. The number of thiophene rings is 1. The number of benzene rings is 1. The van der Waals surface area contributed by atoms with Crippen LogP contribution in [0.5, 0.6) is 0 Å². The normalized spacial score (nSPS) is 15.7. The molecular weight excluding hydrogens is 380 g/mol. The van der Waals surface area contributed by atoms with E-state index >= 15 is 0 Å². The first-order valence-electron chi connectivity index (χ1n) is 8.67. The summed E-state index contributed by atoms with van der Waals surface area (Å²) >= 11 is 1.22. The van der Waals surface area contributed by atoms with Gasteiger partial charge in [-0.3, -0.25) is 0 Å². The zero-order chi connectivity index (χ0) is 18.9. The number of aromatic nitrogens is 1. The lowest BCUT2D eigenvalue weighted by Gasteiger charge is -2.34. The average molecular weight is 399 g/mol. The van der Waals surface area contributed by atoms with E-state index in [-0.39, 0.29) is 6.04 Å². The monoisotopic (exact) mass is 398 g/mol. The number of pyridine rings is 1. The van der Waals surface area contributed by atoms with E-state index < -0.39 is 10.0 Å². The summed E-state index contributed by atoms with van der Waals surface area (Å²) in [7, 11) is -3.45. The SMILES string of the molecule is N#Cc1cc(N2CCC(NS(=O)(=O)c3cccs3)CC2)c2ccccc2n1. The fraction of sp³-hybridized carbons (Fsp3) is 0.263. The summed E-state index contributed by atoms with van der Waals surface area (Å²) < 4.78 is 28.0. The molecule has 0 aliphatic carbocycles. The number of nitriles is 1. The summed E-state index contributed by atoms with van der Waals surface area (Å²) in [4.78, 5) is 6.57. The van der Waals surface area contributed by atoms with Crippen molar-refractivity contribution in [3.63, 3.8) is 0 Å². The fourth-order valence-electron chi connectivity index (χ4n) is 3.41. The van der Waals surface area contributed by atoms with Crippen LogP contribution < -0.4 is 9.62 Å². The Bertz CT molecular complexity index is 1100. The number of para-hydroxylation sites is 1. The molecule has 3 heterocycles. The maximum absolute atomic E-state index is 12.4. The molecule has 4 rings (SSSR count). The van der Waals surface area contributed by atoms with Crippen molar-refractivity contribution in [1.82, 2.24) is 9.71 Å². The van der Waals surface area contributed by atoms with Gasteiger partial charge in [0.05, 0.1) is 5.52 Å². The van der Waals surface area contributed by atoms with Crippen LogP contribution in [-0.2, 0) is 10.0 Å². The molecule has 0 spiro atoms. The summed E-state index contributed by atoms with van der Waals surface area (Å²) in [6.07, 6.45) is 1.42. The van der Waals surface area contributed by atoms with Gasteiger partial charge in [0.2, 0.25) is 10.0 Å². The Morgan fingerprint density at radius 2 is 1.96 bits per heavy atom. The zero-order valence-corrected chi connectivity index (χ0v) is 16.1. The summed E-state index contributed by atoms with van der Waals surface area (Å²) in [5.74, 6) is 0. The molecule has 3 aromatic rings. The summed E-state index contributed by atoms with van der Waals surface area (Å²) in [5.41, 5.74) is 2.17. The number of sulfonamides is 1. The predicted octanol–water partition coefficient (Wildman–Crippen LogP) is 3.12. The summed E-state index contributed by atoms with van der Waals surface area (Å²) in [6.45, 7) is 1.44. The predicted molar refractivity (Wildman–Crippen MR) is 106 cm³/mol. The lowest BCUT2D eigenvalue weighted by Crippen LogP contribution is -2.44. The van der Waals surface area contributed by atoms with Crippen LogP contribution in [0.4, 0.5) is 5.69 Å². The van der Waals surface area contributed by atoms with Gasteiger partial charge in [-0.1, -0.05) is 24.3 Å². The summed E-state index contributed by atoms with van der Waals surface area (Å²) in [5, 5.41) is 12.0. The highest BCUT2D eigenvalue weighted by molar-refractivity contribution is 7.91. The first-order chi connectivity index (χ1) is 13.1. The van der Waals surface area contributed by atoms with Gasteiger partial charge in [0.1, 0.15) is 16.0 Å². The number of piperidine rings is 1. The van der Waals surface area contributed by atoms with Crippen molar-refractivity contribution in [2.24, 2.45) is 0 Å². The van der Waals surface area contributed by atoms with Crippen LogP contribution in [0.25, 0.3) is 10.9 Å². The van der Waals surface area contributed by atoms with Gasteiger partial charge < -0.3 is 4.90 Å². The number of anilines is 1. The molecule has 1 saturated heterocycles. The van der Waals surface area contributed by atoms with Gasteiger partial charge in [-0.2, -0.15) is 5.26 Å². The van der Waals surface area contributed by atoms with Gasteiger partial charge >= 0.3 is 0 Å². The first-order valence-corrected chi connectivity index (χ1v) is 11.0. The van der Waals surface area contributed by atoms with Crippen molar-refractivity contribution in [3.8, 4) is 6.07 Å². The van der Waals surface area contributed by atoms with Crippen LogP contribution in [0.15, 0.2) is 52.1 Å². The van der Waals surface area contributed by atoms with Crippen LogP contribution in [-0.4, -0.2) is 32.5 Å². The van der Waals surface area contributed by atoms with Gasteiger partial charge in [-0.05, 0) is 36.4 Å². The van der Waals surface area contributed by atoms with Crippen LogP contribution >= 0.6 is 11.3 Å². The molecule has 138 valence electrons. The van der Waals surface area contributed by atoms with E-state index in [0.29, 0.717) is 22.7 Å². The smallest absolute Gasteiger partial charge is 0.250 e. The highest BCUT2D eigenvalue weighted by Crippen LogP contribution is 2.29. The Hall–Kier alpha value is -2.47. The lowest BCUT2D eigenvalue weighted by molar-refractivity contribution is 0.461. The third-order valence-electron chi connectivity index (χ3n) is 4.73. The minimum Gasteiger partial charge on any atom is -0.371 e. The van der Waals surface area contributed by atoms with Crippen molar-refractivity contribution >= 4 is 38.0 Å². The number of fused-ring (bicyclic) bond motifs is 1. The van der Waals surface area contributed by atoms with Gasteiger partial charge in [0.25, 0.3) is 0 Å². The molecule has 0 radical (unpaired) electrons. The Morgan fingerprint density at radius 1 is 1.19 bits per heavy atom. The number of nitrogens with one attached hydrogen (secondary N) is 1. The summed E-state index contributed by atoms with van der Waals surface area (Å²) in [6, 6.07) is 15.0. The van der Waals surface area contributed by atoms with Gasteiger partial charge in [-0.15, -0.1) is 11.3 Å². The van der Waals surface area contributed by atoms with Gasteiger partial charge in [-0.25, -0.2) is 18.1 Å². The second-order valence-corrected chi connectivity index (χ2v) is 9.36. The zero-order valence-electron chi connectivity index (χ0n) is 14.5. The maximum atomic E-state index is 12.4. The van der Waals surface area contributed by atoms with E-state index in [1.807, 2.05) is 30.3 Å². The largest absolute Gasteiger partial charge is 0.371 e. The number of rotatable bonds is 4. The quantitative estimate of drug-likeness (QED) is 0.730. The van der Waals surface area contributed by atoms with Gasteiger partial charge in [0.15, 0.2) is 0 Å². The lowest BCUT2D eigenvalue weighted by atomic mass is 10.0. The molecule has 1 aliphatic heterocycles. The van der Waals surface area contributed by atoms with Crippen molar-refractivity contribution < 1.29 is 8.42 Å². The van der Waals surface area contributed by atoms with E-state index in [0.717, 1.165) is 29.7 Å². The van der Waals surface area contributed by atoms with E-state index in [1.54, 1.807) is 17.5 Å². The Kier molecular flexibility index (Phi) is 4.83. The fourth-order valence-corrected chi connectivity index (χ4v) is 5.72. The molecule has 0 bridgehead atoms. The van der Waals surface area contributed by atoms with Crippen molar-refractivity contribution in [2.75, 3.05) is 18.0 Å². The number of nitrogens with zero attached hydrogens (tertiary/aromatic N) is 3. The van der Waals surface area contributed by atoms with E-state index in [9.17, 15) is 13.7 Å². The molecule has 1 aliphatic rings. The minimum atomic E-state index is -3.45. The molecule has 0 saturated carbocycles. The minimum absolute atomic E-state index is 0.0862. The highest BCUT2D eigenvalue weighted by Gasteiger charge is 2.26. The highest BCUT2D eigenvalue weighted by atomic mass is 32.2. The Balaban J connectivity index is 1.52. The molecule has 0 atom stereocenters. The third kappa shape index (κ3) is 3.67. The molecule has 0 unspecified atom stereocenters. The first kappa shape index (κ1) is 17.9. The van der Waals surface area contributed by atoms with Crippen molar-refractivity contribution in [3.05, 3.63) is 53.5 Å². The van der Waals surface area contributed by atoms with Crippen LogP contribution in [0.3, 0.4) is 0 Å². The Morgan fingerprint density at radius 3 is 2.67 bits per heavy atom. The van der Waals surface area contributed by atoms with Crippen LogP contribution in [0, 0.1) is 11.3 Å². The molecule has 2 aromatic heterocycles. The second kappa shape index (κ2) is 7.27. The van der Waals surface area contributed by atoms with E-state index in [4.69, 9.17) is 0 Å². The average Bonchev–Trinajstić information content (AvgIpc) is 3.23. The van der Waals surface area contributed by atoms with Gasteiger partial charge in [0, 0.05) is 30.2 Å². The van der Waals surface area contributed by atoms with E-state index in [1.165, 1.54) is 11.3 Å². The maximum Gasteiger partial charge on any atom is 0.250 e. The third-order valence-corrected chi connectivity index (χ3v) is 7.64. The van der Waals surface area contributed by atoms with Crippen LogP contribution in [0.2, 0.25) is 0 Å². The van der Waals surface area contributed by atoms with Crippen molar-refractivity contribution in [2.45, 2.75) is 23.1 Å².